The summed E-state index contributed by atoms with van der Waals surface area (Å²) in [4.78, 5) is 26.5. The Balaban J connectivity index is 1.75. The third kappa shape index (κ3) is 5.00. The molecule has 0 radical (unpaired) electrons. The van der Waals surface area contributed by atoms with Crippen LogP contribution >= 0.6 is 0 Å². The maximum atomic E-state index is 12.6. The van der Waals surface area contributed by atoms with Gasteiger partial charge < -0.3 is 15.5 Å². The highest BCUT2D eigenvalue weighted by Gasteiger charge is 2.22. The van der Waals surface area contributed by atoms with Crippen LogP contribution in [0.1, 0.15) is 30.9 Å². The van der Waals surface area contributed by atoms with Crippen molar-refractivity contribution in [3.8, 4) is 0 Å². The fourth-order valence-corrected chi connectivity index (χ4v) is 3.28. The van der Waals surface area contributed by atoms with Crippen LogP contribution in [-0.2, 0) is 4.79 Å². The van der Waals surface area contributed by atoms with Crippen LogP contribution in [0.15, 0.2) is 54.6 Å². The highest BCUT2D eigenvalue weighted by Crippen LogP contribution is 2.24. The molecule has 6 heteroatoms. The number of rotatable bonds is 5. The molecule has 0 aliphatic carbocycles. The normalized spacial score (nSPS) is 14.9. The van der Waals surface area contributed by atoms with Gasteiger partial charge in [0.2, 0.25) is 0 Å². The van der Waals surface area contributed by atoms with Crippen LogP contribution in [-0.4, -0.2) is 32.1 Å². The molecule has 0 unspecified atom stereocenters. The molecule has 1 atom stereocenters. The number of hydrogen-bond acceptors (Lipinski definition) is 4. The predicted molar refractivity (Wildman–Crippen MR) is 108 cm³/mol. The molecule has 1 heterocycles. The number of benzene rings is 2. The van der Waals surface area contributed by atoms with Gasteiger partial charge in [-0.1, -0.05) is 30.3 Å². The number of carbonyl (C=O) groups excluding carboxylic acids is 2. The molecule has 1 aliphatic rings. The summed E-state index contributed by atoms with van der Waals surface area (Å²) in [6.45, 7) is 2.18. The van der Waals surface area contributed by atoms with E-state index in [1.165, 1.54) is 32.0 Å². The second kappa shape index (κ2) is 9.07. The van der Waals surface area contributed by atoms with E-state index in [1.807, 2.05) is 42.5 Å². The molecule has 3 N–H and O–H groups in total. The Morgan fingerprint density at radius 1 is 0.926 bits per heavy atom. The Morgan fingerprint density at radius 2 is 1.59 bits per heavy atom. The van der Waals surface area contributed by atoms with Gasteiger partial charge >= 0.3 is 6.03 Å². The van der Waals surface area contributed by atoms with E-state index in [4.69, 9.17) is 0 Å². The van der Waals surface area contributed by atoms with Crippen molar-refractivity contribution in [1.29, 1.82) is 0 Å². The van der Waals surface area contributed by atoms with Crippen molar-refractivity contribution in [3.05, 3.63) is 60.2 Å². The SMILES string of the molecule is CNC(=O)NC(=O)[C@@H](Nc1ccc(N2CCCCC2)cc1)c1ccccc1. The molecule has 0 aromatic heterocycles. The van der Waals surface area contributed by atoms with Crippen LogP contribution in [0.2, 0.25) is 0 Å². The van der Waals surface area contributed by atoms with Gasteiger partial charge in [0.05, 0.1) is 0 Å². The summed E-state index contributed by atoms with van der Waals surface area (Å²) in [5, 5.41) is 8.00. The van der Waals surface area contributed by atoms with Crippen molar-refractivity contribution in [2.45, 2.75) is 25.3 Å². The van der Waals surface area contributed by atoms with Crippen molar-refractivity contribution < 1.29 is 9.59 Å². The Labute approximate surface area is 159 Å². The van der Waals surface area contributed by atoms with Gasteiger partial charge in [-0.05, 0) is 49.1 Å². The molecule has 2 aromatic carbocycles. The standard InChI is InChI=1S/C21H26N4O2/c1-22-21(27)24-20(26)19(16-8-4-2-5-9-16)23-17-10-12-18(13-11-17)25-14-6-3-7-15-25/h2,4-5,8-13,19,23H,3,6-7,14-15H2,1H3,(H2,22,24,26,27)/t19-/m0/s1. The van der Waals surface area contributed by atoms with E-state index in [2.05, 4.69) is 33.0 Å². The number of amides is 3. The number of piperidine rings is 1. The highest BCUT2D eigenvalue weighted by molar-refractivity contribution is 5.98. The van der Waals surface area contributed by atoms with Crippen molar-refractivity contribution >= 4 is 23.3 Å². The van der Waals surface area contributed by atoms with Crippen molar-refractivity contribution in [1.82, 2.24) is 10.6 Å². The maximum absolute atomic E-state index is 12.6. The van der Waals surface area contributed by atoms with Gasteiger partial charge in [-0.25, -0.2) is 4.79 Å². The summed E-state index contributed by atoms with van der Waals surface area (Å²) in [7, 11) is 1.48. The second-order valence-corrected chi connectivity index (χ2v) is 6.65. The van der Waals surface area contributed by atoms with Crippen LogP contribution in [0.4, 0.5) is 16.2 Å². The fraction of sp³-hybridized carbons (Fsp3) is 0.333. The number of imide groups is 1. The molecule has 3 rings (SSSR count). The molecule has 0 spiro atoms. The molecule has 1 saturated heterocycles. The number of nitrogens with zero attached hydrogens (tertiary/aromatic N) is 1. The van der Waals surface area contributed by atoms with E-state index in [1.54, 1.807) is 0 Å². The minimum Gasteiger partial charge on any atom is -0.372 e. The van der Waals surface area contributed by atoms with E-state index in [-0.39, 0.29) is 0 Å². The predicted octanol–water partition coefficient (Wildman–Crippen LogP) is 3.29. The van der Waals surface area contributed by atoms with E-state index in [0.717, 1.165) is 24.3 Å². The molecule has 3 amide bonds. The fourth-order valence-electron chi connectivity index (χ4n) is 3.28. The van der Waals surface area contributed by atoms with Gasteiger partial charge in [0, 0.05) is 31.5 Å². The van der Waals surface area contributed by atoms with Crippen molar-refractivity contribution in [3.63, 3.8) is 0 Å². The summed E-state index contributed by atoms with van der Waals surface area (Å²) in [6.07, 6.45) is 3.76. The quantitative estimate of drug-likeness (QED) is 0.759. The second-order valence-electron chi connectivity index (χ2n) is 6.65. The summed E-state index contributed by atoms with van der Waals surface area (Å²) in [6, 6.07) is 16.3. The first kappa shape index (κ1) is 18.8. The number of nitrogens with one attached hydrogen (secondary N) is 3. The molecule has 1 fully saturated rings. The zero-order valence-corrected chi connectivity index (χ0v) is 15.6. The third-order valence-corrected chi connectivity index (χ3v) is 4.76. The van der Waals surface area contributed by atoms with E-state index >= 15 is 0 Å². The molecule has 2 aromatic rings. The van der Waals surface area contributed by atoms with Gasteiger partial charge in [0.1, 0.15) is 6.04 Å². The van der Waals surface area contributed by atoms with Crippen LogP contribution < -0.4 is 20.9 Å². The Morgan fingerprint density at radius 3 is 2.22 bits per heavy atom. The third-order valence-electron chi connectivity index (χ3n) is 4.76. The van der Waals surface area contributed by atoms with Crippen LogP contribution in [0.5, 0.6) is 0 Å². The van der Waals surface area contributed by atoms with Gasteiger partial charge in [-0.3, -0.25) is 10.1 Å². The van der Waals surface area contributed by atoms with Gasteiger partial charge in [-0.15, -0.1) is 0 Å². The zero-order chi connectivity index (χ0) is 19.1. The first-order valence-electron chi connectivity index (χ1n) is 9.36. The number of anilines is 2. The molecule has 1 aliphatic heterocycles. The molecular formula is C21H26N4O2. The number of carbonyl (C=O) groups is 2. The number of urea groups is 1. The Hall–Kier alpha value is -3.02. The molecule has 0 saturated carbocycles. The lowest BCUT2D eigenvalue weighted by atomic mass is 10.1. The summed E-state index contributed by atoms with van der Waals surface area (Å²) >= 11 is 0. The maximum Gasteiger partial charge on any atom is 0.321 e. The lowest BCUT2D eigenvalue weighted by molar-refractivity contribution is -0.120. The summed E-state index contributed by atoms with van der Waals surface area (Å²) < 4.78 is 0. The number of hydrogen-bond donors (Lipinski definition) is 3. The molecule has 27 heavy (non-hydrogen) atoms. The van der Waals surface area contributed by atoms with Crippen LogP contribution in [0, 0.1) is 0 Å². The molecule has 142 valence electrons. The molecular weight excluding hydrogens is 340 g/mol. The summed E-state index contributed by atoms with van der Waals surface area (Å²) in [5.74, 6) is -0.402. The minimum atomic E-state index is -0.663. The Bertz CT molecular complexity index is 756. The van der Waals surface area contributed by atoms with Gasteiger partial charge in [0.25, 0.3) is 5.91 Å². The first-order chi connectivity index (χ1) is 13.2. The average molecular weight is 366 g/mol. The largest absolute Gasteiger partial charge is 0.372 e. The zero-order valence-electron chi connectivity index (χ0n) is 15.6. The first-order valence-corrected chi connectivity index (χ1v) is 9.36. The Kier molecular flexibility index (Phi) is 6.30. The van der Waals surface area contributed by atoms with Crippen LogP contribution in [0.25, 0.3) is 0 Å². The van der Waals surface area contributed by atoms with Crippen molar-refractivity contribution in [2.75, 3.05) is 30.4 Å². The van der Waals surface area contributed by atoms with E-state index < -0.39 is 18.0 Å². The molecule has 0 bridgehead atoms. The topological polar surface area (TPSA) is 73.5 Å². The lowest BCUT2D eigenvalue weighted by Crippen LogP contribution is -2.42. The highest BCUT2D eigenvalue weighted by atomic mass is 16.2. The van der Waals surface area contributed by atoms with Gasteiger partial charge in [-0.2, -0.15) is 0 Å². The van der Waals surface area contributed by atoms with E-state index in [9.17, 15) is 9.59 Å². The average Bonchev–Trinajstić information content (AvgIpc) is 2.73. The monoisotopic (exact) mass is 366 g/mol. The van der Waals surface area contributed by atoms with Crippen molar-refractivity contribution in [2.24, 2.45) is 0 Å². The lowest BCUT2D eigenvalue weighted by Gasteiger charge is -2.29. The van der Waals surface area contributed by atoms with E-state index in [0.29, 0.717) is 0 Å². The minimum absolute atomic E-state index is 0.402. The smallest absolute Gasteiger partial charge is 0.321 e. The van der Waals surface area contributed by atoms with Crippen LogP contribution in [0.3, 0.4) is 0 Å². The summed E-state index contributed by atoms with van der Waals surface area (Å²) in [5.41, 5.74) is 2.82. The molecule has 6 nitrogen and oxygen atoms in total. The van der Waals surface area contributed by atoms with Gasteiger partial charge in [0.15, 0.2) is 0 Å².